The third-order valence-electron chi connectivity index (χ3n) is 7.56. The highest BCUT2D eigenvalue weighted by molar-refractivity contribution is 7.09. The number of aromatic nitrogens is 1. The van der Waals surface area contributed by atoms with Crippen LogP contribution in [0.25, 0.3) is 0 Å². The average Bonchev–Trinajstić information content (AvgIpc) is 3.37. The van der Waals surface area contributed by atoms with Crippen LogP contribution in [0.4, 0.5) is 5.69 Å². The number of benzene rings is 2. The number of carbonyl (C=O) groups excluding carboxylic acids is 1. The molecule has 0 saturated carbocycles. The van der Waals surface area contributed by atoms with Crippen LogP contribution in [0.5, 0.6) is 5.75 Å². The molecule has 0 aliphatic rings. The topological polar surface area (TPSA) is 33.4 Å². The molecule has 0 spiro atoms. The second kappa shape index (κ2) is 18.9. The Morgan fingerprint density at radius 3 is 2.22 bits per heavy atom. The quantitative estimate of drug-likeness (QED) is 0.0959. The number of unbranched alkanes of at least 4 members (excludes halogenated alkanes) is 11. The van der Waals surface area contributed by atoms with Crippen LogP contribution < -0.4 is 14.2 Å². The maximum Gasteiger partial charge on any atom is 0.225 e. The lowest BCUT2D eigenvalue weighted by Gasteiger charge is -2.22. The van der Waals surface area contributed by atoms with Gasteiger partial charge in [-0.3, -0.25) is 4.79 Å². The number of ether oxygens (including phenoxy) is 1. The minimum absolute atomic E-state index is 0.0404. The Balaban J connectivity index is 1.40. The minimum Gasteiger partial charge on any atom is -0.492 e. The first-order valence-corrected chi connectivity index (χ1v) is 16.9. The van der Waals surface area contributed by atoms with Crippen LogP contribution in [-0.4, -0.2) is 19.1 Å². The monoisotopic (exact) mass is 597 g/mol. The number of nitrogens with zero attached hydrogens (tertiary/aromatic N) is 2. The first-order valence-electron chi connectivity index (χ1n) is 15.7. The molecule has 3 rings (SSSR count). The fourth-order valence-corrected chi connectivity index (χ4v) is 6.02. The highest BCUT2D eigenvalue weighted by Crippen LogP contribution is 2.27. The van der Waals surface area contributed by atoms with Crippen molar-refractivity contribution >= 4 is 34.5 Å². The summed E-state index contributed by atoms with van der Waals surface area (Å²) < 4.78 is 8.25. The summed E-state index contributed by atoms with van der Waals surface area (Å²) in [6, 6.07) is 14.3. The number of carbonyl (C=O) groups is 1. The van der Waals surface area contributed by atoms with Crippen LogP contribution in [-0.2, 0) is 17.8 Å². The van der Waals surface area contributed by atoms with E-state index in [9.17, 15) is 4.79 Å². The summed E-state index contributed by atoms with van der Waals surface area (Å²) >= 11 is 8.19. The molecule has 3 aromatic rings. The van der Waals surface area contributed by atoms with Gasteiger partial charge in [-0.1, -0.05) is 119 Å². The van der Waals surface area contributed by atoms with E-state index in [4.69, 9.17) is 16.3 Å². The largest absolute Gasteiger partial charge is 0.492 e. The van der Waals surface area contributed by atoms with Crippen molar-refractivity contribution in [3.63, 3.8) is 0 Å². The molecule has 0 aliphatic carbocycles. The molecule has 0 bridgehead atoms. The molecule has 0 atom stereocenters. The smallest absolute Gasteiger partial charge is 0.225 e. The Bertz CT molecular complexity index is 1180. The van der Waals surface area contributed by atoms with E-state index in [0.717, 1.165) is 36.4 Å². The maximum atomic E-state index is 12.6. The number of anilines is 1. The zero-order chi connectivity index (χ0) is 29.3. The van der Waals surface area contributed by atoms with Crippen LogP contribution >= 0.6 is 22.9 Å². The summed E-state index contributed by atoms with van der Waals surface area (Å²) in [5, 5.41) is 0.643. The van der Waals surface area contributed by atoms with Gasteiger partial charge in [0.2, 0.25) is 11.4 Å². The molecule has 1 amide bonds. The van der Waals surface area contributed by atoms with E-state index in [2.05, 4.69) is 42.3 Å². The molecule has 0 radical (unpaired) electrons. The van der Waals surface area contributed by atoms with Gasteiger partial charge in [-0.25, -0.2) is 0 Å². The van der Waals surface area contributed by atoms with Gasteiger partial charge in [0, 0.05) is 24.7 Å². The number of aryl methyl sites for hydroxylation is 1. The van der Waals surface area contributed by atoms with Gasteiger partial charge in [-0.15, -0.1) is 0 Å². The summed E-state index contributed by atoms with van der Waals surface area (Å²) in [5.74, 6) is 0.783. The van der Waals surface area contributed by atoms with Gasteiger partial charge in [-0.2, -0.15) is 4.57 Å². The van der Waals surface area contributed by atoms with Crippen molar-refractivity contribution in [3.8, 4) is 5.75 Å². The first kappa shape index (κ1) is 33.1. The number of amides is 1. The standard InChI is InChI=1S/C35H50ClN2O2S/c1-4-5-6-7-8-9-10-11-12-13-14-15-23-40-35-25-31(19-20-34(35)36)21-22-38(30(3)39)33-18-16-17-32(24-33)27-37-26-29(2)41-28-37/h16-20,24-26,28H,4-15,21-23,27H2,1-3H3/q+1. The van der Waals surface area contributed by atoms with Gasteiger partial charge in [0.15, 0.2) is 12.7 Å². The predicted molar refractivity (Wildman–Crippen MR) is 175 cm³/mol. The van der Waals surface area contributed by atoms with E-state index in [0.29, 0.717) is 18.2 Å². The van der Waals surface area contributed by atoms with Crippen molar-refractivity contribution in [1.29, 1.82) is 0 Å². The second-order valence-electron chi connectivity index (χ2n) is 11.2. The van der Waals surface area contributed by atoms with E-state index in [-0.39, 0.29) is 5.91 Å². The molecular weight excluding hydrogens is 548 g/mol. The van der Waals surface area contributed by atoms with Gasteiger partial charge in [0.05, 0.1) is 16.5 Å². The highest BCUT2D eigenvalue weighted by Gasteiger charge is 2.14. The molecule has 6 heteroatoms. The van der Waals surface area contributed by atoms with Crippen molar-refractivity contribution in [3.05, 3.63) is 75.2 Å². The minimum atomic E-state index is 0.0404. The van der Waals surface area contributed by atoms with Crippen molar-refractivity contribution in [2.24, 2.45) is 0 Å². The predicted octanol–water partition coefficient (Wildman–Crippen LogP) is 9.72. The number of rotatable bonds is 20. The number of hydrogen-bond acceptors (Lipinski definition) is 3. The Labute approximate surface area is 257 Å². The van der Waals surface area contributed by atoms with Crippen molar-refractivity contribution in [1.82, 2.24) is 0 Å². The fourth-order valence-electron chi connectivity index (χ4n) is 5.21. The lowest BCUT2D eigenvalue weighted by Crippen LogP contribution is -2.32. The van der Waals surface area contributed by atoms with Gasteiger partial charge in [-0.05, 0) is 49.6 Å². The van der Waals surface area contributed by atoms with Crippen LogP contribution in [0.1, 0.15) is 107 Å². The van der Waals surface area contributed by atoms with Gasteiger partial charge < -0.3 is 9.64 Å². The molecule has 224 valence electrons. The summed E-state index contributed by atoms with van der Waals surface area (Å²) in [5.41, 5.74) is 5.35. The fraction of sp³-hybridized carbons (Fsp3) is 0.543. The zero-order valence-corrected chi connectivity index (χ0v) is 27.1. The van der Waals surface area contributed by atoms with Crippen LogP contribution in [0.3, 0.4) is 0 Å². The first-order chi connectivity index (χ1) is 20.0. The van der Waals surface area contributed by atoms with Gasteiger partial charge >= 0.3 is 0 Å². The van der Waals surface area contributed by atoms with E-state index < -0.39 is 0 Å². The lowest BCUT2D eigenvalue weighted by molar-refractivity contribution is -0.683. The zero-order valence-electron chi connectivity index (χ0n) is 25.5. The highest BCUT2D eigenvalue weighted by atomic mass is 35.5. The summed E-state index contributed by atoms with van der Waals surface area (Å²) in [7, 11) is 0. The summed E-state index contributed by atoms with van der Waals surface area (Å²) in [6.07, 6.45) is 18.8. The number of thiazole rings is 1. The molecule has 1 aromatic heterocycles. The Morgan fingerprint density at radius 1 is 0.902 bits per heavy atom. The molecule has 1 heterocycles. The summed E-state index contributed by atoms with van der Waals surface area (Å²) in [6.45, 7) is 8.10. The average molecular weight is 598 g/mol. The maximum absolute atomic E-state index is 12.6. The van der Waals surface area contributed by atoms with Gasteiger partial charge in [0.1, 0.15) is 5.75 Å². The van der Waals surface area contributed by atoms with E-state index in [1.807, 2.05) is 35.2 Å². The third kappa shape index (κ3) is 12.6. The summed E-state index contributed by atoms with van der Waals surface area (Å²) in [4.78, 5) is 15.7. The van der Waals surface area contributed by atoms with Crippen molar-refractivity contribution in [2.75, 3.05) is 18.1 Å². The van der Waals surface area contributed by atoms with E-state index >= 15 is 0 Å². The lowest BCUT2D eigenvalue weighted by atomic mass is 10.1. The van der Waals surface area contributed by atoms with E-state index in [1.165, 1.54) is 81.1 Å². The molecule has 2 aromatic carbocycles. The van der Waals surface area contributed by atoms with E-state index in [1.54, 1.807) is 18.3 Å². The molecule has 0 aliphatic heterocycles. The molecule has 0 saturated heterocycles. The number of halogens is 1. The third-order valence-corrected chi connectivity index (χ3v) is 8.73. The second-order valence-corrected chi connectivity index (χ2v) is 12.7. The normalized spacial score (nSPS) is 11.1. The molecule has 0 fully saturated rings. The van der Waals surface area contributed by atoms with Crippen LogP contribution in [0.2, 0.25) is 5.02 Å². The Kier molecular flexibility index (Phi) is 15.3. The van der Waals surface area contributed by atoms with Crippen LogP contribution in [0, 0.1) is 6.92 Å². The molecular formula is C35H50ClN2O2S+. The Morgan fingerprint density at radius 2 is 1.59 bits per heavy atom. The molecule has 41 heavy (non-hydrogen) atoms. The molecule has 0 unspecified atom stereocenters. The molecule has 0 N–H and O–H groups in total. The van der Waals surface area contributed by atoms with Gasteiger partial charge in [0.25, 0.3) is 0 Å². The van der Waals surface area contributed by atoms with Crippen molar-refractivity contribution in [2.45, 2.75) is 111 Å². The van der Waals surface area contributed by atoms with Crippen LogP contribution in [0.15, 0.2) is 54.2 Å². The SMILES string of the molecule is CCCCCCCCCCCCCCOc1cc(CCN(C(C)=O)c2cccc(C[n+]3csc(C)c3)c2)ccc1Cl. The van der Waals surface area contributed by atoms with Crippen molar-refractivity contribution < 1.29 is 14.1 Å². The Hall–Kier alpha value is -2.37. The number of hydrogen-bond donors (Lipinski definition) is 0. The molecule has 4 nitrogen and oxygen atoms in total.